The molecular weight excluding hydrogens is 345 g/mol. The van der Waals surface area contributed by atoms with Crippen LogP contribution in [0.5, 0.6) is 0 Å². The average Bonchev–Trinajstić information content (AvgIpc) is 2.41. The highest BCUT2D eigenvalue weighted by molar-refractivity contribution is 9.10. The third-order valence-electron chi connectivity index (χ3n) is 2.76. The van der Waals surface area contributed by atoms with Gasteiger partial charge in [-0.2, -0.15) is 0 Å². The third-order valence-corrected chi connectivity index (χ3v) is 3.69. The fraction of sp³-hybridized carbons (Fsp3) is 0.133. The third kappa shape index (κ3) is 4.05. The van der Waals surface area contributed by atoms with Gasteiger partial charge in [-0.3, -0.25) is 4.79 Å². The molecule has 5 heteroatoms. The van der Waals surface area contributed by atoms with Gasteiger partial charge in [-0.05, 0) is 58.2 Å². The molecule has 0 aliphatic rings. The lowest BCUT2D eigenvalue weighted by molar-refractivity contribution is 0.0953. The van der Waals surface area contributed by atoms with Crippen LogP contribution >= 0.6 is 27.5 Å². The Morgan fingerprint density at radius 3 is 2.80 bits per heavy atom. The molecular formula is C15H12BrClFNO. The quantitative estimate of drug-likeness (QED) is 0.873. The van der Waals surface area contributed by atoms with Gasteiger partial charge in [0.25, 0.3) is 5.91 Å². The lowest BCUT2D eigenvalue weighted by Crippen LogP contribution is -2.26. The van der Waals surface area contributed by atoms with E-state index >= 15 is 0 Å². The van der Waals surface area contributed by atoms with Gasteiger partial charge < -0.3 is 5.32 Å². The number of rotatable bonds is 4. The molecule has 0 aliphatic heterocycles. The molecule has 0 aliphatic carbocycles. The second-order valence-corrected chi connectivity index (χ2v) is 5.55. The summed E-state index contributed by atoms with van der Waals surface area (Å²) in [7, 11) is 0. The van der Waals surface area contributed by atoms with E-state index in [1.807, 2.05) is 18.2 Å². The standard InChI is InChI=1S/C15H12BrClFNO/c16-14-5-4-12(18)9-13(14)15(20)19-7-6-10-2-1-3-11(17)8-10/h1-5,8-9H,6-7H2,(H,19,20). The van der Waals surface area contributed by atoms with Crippen molar-refractivity contribution in [3.05, 3.63) is 68.9 Å². The summed E-state index contributed by atoms with van der Waals surface area (Å²) in [6.07, 6.45) is 0.666. The van der Waals surface area contributed by atoms with Gasteiger partial charge in [0.05, 0.1) is 5.56 Å². The molecule has 0 atom stereocenters. The molecule has 0 bridgehead atoms. The van der Waals surface area contributed by atoms with Crippen molar-refractivity contribution in [3.63, 3.8) is 0 Å². The van der Waals surface area contributed by atoms with Crippen LogP contribution in [0.4, 0.5) is 4.39 Å². The van der Waals surface area contributed by atoms with E-state index < -0.39 is 5.82 Å². The van der Waals surface area contributed by atoms with Crippen molar-refractivity contribution in [2.45, 2.75) is 6.42 Å². The molecule has 0 unspecified atom stereocenters. The number of carbonyl (C=O) groups is 1. The van der Waals surface area contributed by atoms with Gasteiger partial charge in [0.2, 0.25) is 0 Å². The lowest BCUT2D eigenvalue weighted by atomic mass is 10.1. The monoisotopic (exact) mass is 355 g/mol. The summed E-state index contributed by atoms with van der Waals surface area (Å²) in [5.41, 5.74) is 1.33. The Labute approximate surface area is 130 Å². The molecule has 0 heterocycles. The van der Waals surface area contributed by atoms with Crippen molar-refractivity contribution in [3.8, 4) is 0 Å². The Morgan fingerprint density at radius 2 is 2.05 bits per heavy atom. The Morgan fingerprint density at radius 1 is 1.25 bits per heavy atom. The zero-order chi connectivity index (χ0) is 14.5. The summed E-state index contributed by atoms with van der Waals surface area (Å²) in [4.78, 5) is 11.9. The van der Waals surface area contributed by atoms with Crippen molar-refractivity contribution in [2.75, 3.05) is 6.54 Å². The maximum Gasteiger partial charge on any atom is 0.252 e. The van der Waals surface area contributed by atoms with Crippen LogP contribution in [0.3, 0.4) is 0 Å². The number of nitrogens with one attached hydrogen (secondary N) is 1. The Kier molecular flexibility index (Phi) is 5.15. The van der Waals surface area contributed by atoms with E-state index in [-0.39, 0.29) is 11.5 Å². The highest BCUT2D eigenvalue weighted by Crippen LogP contribution is 2.17. The van der Waals surface area contributed by atoms with Gasteiger partial charge in [0.15, 0.2) is 0 Å². The number of benzene rings is 2. The second-order valence-electron chi connectivity index (χ2n) is 4.26. The van der Waals surface area contributed by atoms with E-state index in [1.54, 1.807) is 6.07 Å². The first-order chi connectivity index (χ1) is 9.56. The molecule has 0 aromatic heterocycles. The molecule has 0 saturated carbocycles. The van der Waals surface area contributed by atoms with Crippen molar-refractivity contribution >= 4 is 33.4 Å². The Balaban J connectivity index is 1.94. The van der Waals surface area contributed by atoms with Crippen LogP contribution in [-0.2, 0) is 6.42 Å². The molecule has 0 fully saturated rings. The fourth-order valence-electron chi connectivity index (χ4n) is 1.78. The molecule has 1 N–H and O–H groups in total. The predicted octanol–water partition coefficient (Wildman–Crippen LogP) is 4.21. The van der Waals surface area contributed by atoms with E-state index in [1.165, 1.54) is 18.2 Å². The molecule has 0 saturated heterocycles. The molecule has 0 radical (unpaired) electrons. The second kappa shape index (κ2) is 6.86. The number of halogens is 3. The van der Waals surface area contributed by atoms with E-state index in [9.17, 15) is 9.18 Å². The number of carbonyl (C=O) groups excluding carboxylic acids is 1. The zero-order valence-corrected chi connectivity index (χ0v) is 12.8. The maximum atomic E-state index is 13.1. The molecule has 0 spiro atoms. The van der Waals surface area contributed by atoms with E-state index in [0.717, 1.165) is 5.56 Å². The molecule has 2 rings (SSSR count). The zero-order valence-electron chi connectivity index (χ0n) is 10.5. The summed E-state index contributed by atoms with van der Waals surface area (Å²) < 4.78 is 13.7. The smallest absolute Gasteiger partial charge is 0.252 e. The van der Waals surface area contributed by atoms with Crippen LogP contribution in [0.1, 0.15) is 15.9 Å². The van der Waals surface area contributed by atoms with E-state index in [2.05, 4.69) is 21.2 Å². The van der Waals surface area contributed by atoms with Crippen molar-refractivity contribution in [1.82, 2.24) is 5.32 Å². The largest absolute Gasteiger partial charge is 0.352 e. The summed E-state index contributed by atoms with van der Waals surface area (Å²) >= 11 is 9.12. The minimum atomic E-state index is -0.437. The highest BCUT2D eigenvalue weighted by atomic mass is 79.9. The topological polar surface area (TPSA) is 29.1 Å². The van der Waals surface area contributed by atoms with Crippen LogP contribution in [0.15, 0.2) is 46.9 Å². The average molecular weight is 357 g/mol. The Hall–Kier alpha value is -1.39. The van der Waals surface area contributed by atoms with Gasteiger partial charge >= 0.3 is 0 Å². The van der Waals surface area contributed by atoms with Crippen LogP contribution in [-0.4, -0.2) is 12.5 Å². The highest BCUT2D eigenvalue weighted by Gasteiger charge is 2.10. The number of amides is 1. The van der Waals surface area contributed by atoms with Crippen molar-refractivity contribution < 1.29 is 9.18 Å². The van der Waals surface area contributed by atoms with Crippen LogP contribution in [0.2, 0.25) is 5.02 Å². The minimum absolute atomic E-state index is 0.288. The molecule has 2 aromatic carbocycles. The summed E-state index contributed by atoms with van der Waals surface area (Å²) in [5.74, 6) is -0.744. The summed E-state index contributed by atoms with van der Waals surface area (Å²) in [5, 5.41) is 3.42. The van der Waals surface area contributed by atoms with Crippen molar-refractivity contribution in [1.29, 1.82) is 0 Å². The van der Waals surface area contributed by atoms with E-state index in [0.29, 0.717) is 22.5 Å². The SMILES string of the molecule is O=C(NCCc1cccc(Cl)c1)c1cc(F)ccc1Br. The summed E-state index contributed by atoms with van der Waals surface area (Å²) in [6.45, 7) is 0.460. The predicted molar refractivity (Wildman–Crippen MR) is 81.6 cm³/mol. The van der Waals surface area contributed by atoms with Gasteiger partial charge in [-0.25, -0.2) is 4.39 Å². The molecule has 1 amide bonds. The van der Waals surface area contributed by atoms with Crippen LogP contribution < -0.4 is 5.32 Å². The first-order valence-electron chi connectivity index (χ1n) is 6.04. The summed E-state index contributed by atoms with van der Waals surface area (Å²) in [6, 6.07) is 11.5. The molecule has 2 aromatic rings. The van der Waals surface area contributed by atoms with E-state index in [4.69, 9.17) is 11.6 Å². The van der Waals surface area contributed by atoms with Gasteiger partial charge in [0, 0.05) is 16.0 Å². The molecule has 2 nitrogen and oxygen atoms in total. The number of hydrogen-bond donors (Lipinski definition) is 1. The normalized spacial score (nSPS) is 10.3. The van der Waals surface area contributed by atoms with Gasteiger partial charge in [-0.1, -0.05) is 23.7 Å². The first kappa shape index (κ1) is 15.0. The first-order valence-corrected chi connectivity index (χ1v) is 7.21. The van der Waals surface area contributed by atoms with Gasteiger partial charge in [0.1, 0.15) is 5.82 Å². The van der Waals surface area contributed by atoms with Gasteiger partial charge in [-0.15, -0.1) is 0 Å². The van der Waals surface area contributed by atoms with Crippen molar-refractivity contribution in [2.24, 2.45) is 0 Å². The maximum absolute atomic E-state index is 13.1. The molecule has 20 heavy (non-hydrogen) atoms. The fourth-order valence-corrected chi connectivity index (χ4v) is 2.42. The van der Waals surface area contributed by atoms with Crippen LogP contribution in [0, 0.1) is 5.82 Å². The number of hydrogen-bond acceptors (Lipinski definition) is 1. The van der Waals surface area contributed by atoms with Crippen LogP contribution in [0.25, 0.3) is 0 Å². The molecule has 104 valence electrons. The minimum Gasteiger partial charge on any atom is -0.352 e. The Bertz CT molecular complexity index is 633. The lowest BCUT2D eigenvalue weighted by Gasteiger charge is -2.07.